The van der Waals surface area contributed by atoms with Gasteiger partial charge in [0, 0.05) is 31.0 Å². The lowest BCUT2D eigenvalue weighted by molar-refractivity contribution is 0.128. The molecule has 1 heterocycles. The minimum Gasteiger partial charge on any atom is -0.493 e. The van der Waals surface area contributed by atoms with Crippen LogP contribution in [0.5, 0.6) is 11.5 Å². The van der Waals surface area contributed by atoms with Crippen molar-refractivity contribution < 1.29 is 19.0 Å². The zero-order valence-electron chi connectivity index (χ0n) is 16.0. The number of amides is 1. The summed E-state index contributed by atoms with van der Waals surface area (Å²) in [7, 11) is 3.07. The van der Waals surface area contributed by atoms with Crippen molar-refractivity contribution in [3.63, 3.8) is 0 Å². The molecule has 2 atom stereocenters. The smallest absolute Gasteiger partial charge is 0.409 e. The molecule has 2 aliphatic rings. The average Bonchev–Trinajstić information content (AvgIpc) is 3.29. The first-order chi connectivity index (χ1) is 12.5. The Balaban J connectivity index is 1.88. The second kappa shape index (κ2) is 7.74. The molecule has 3 rings (SSSR count). The van der Waals surface area contributed by atoms with Crippen LogP contribution in [0.4, 0.5) is 4.79 Å². The predicted molar refractivity (Wildman–Crippen MR) is 99.8 cm³/mol. The molecule has 26 heavy (non-hydrogen) atoms. The molecule has 1 saturated carbocycles. The molecule has 1 saturated heterocycles. The van der Waals surface area contributed by atoms with Gasteiger partial charge in [0.1, 0.15) is 0 Å². The fraction of sp³-hybridized carbons (Fsp3) is 0.650. The van der Waals surface area contributed by atoms with Gasteiger partial charge in [-0.1, -0.05) is 13.0 Å². The minimum absolute atomic E-state index is 0.128. The number of hydrogen-bond acceptors (Lipinski definition) is 5. The van der Waals surface area contributed by atoms with Gasteiger partial charge in [0.15, 0.2) is 11.5 Å². The highest BCUT2D eigenvalue weighted by Crippen LogP contribution is 2.44. The van der Waals surface area contributed by atoms with Gasteiger partial charge in [-0.05, 0) is 43.4 Å². The van der Waals surface area contributed by atoms with Gasteiger partial charge in [-0.25, -0.2) is 4.79 Å². The van der Waals surface area contributed by atoms with E-state index in [1.165, 1.54) is 20.0 Å². The summed E-state index contributed by atoms with van der Waals surface area (Å²) in [6.45, 7) is 3.81. The van der Waals surface area contributed by atoms with Gasteiger partial charge in [-0.3, -0.25) is 0 Å². The zero-order valence-corrected chi connectivity index (χ0v) is 16.0. The number of methoxy groups -OCH3 is 2. The quantitative estimate of drug-likeness (QED) is 0.871. The molecule has 6 nitrogen and oxygen atoms in total. The third-order valence-electron chi connectivity index (χ3n) is 5.88. The lowest BCUT2D eigenvalue weighted by atomic mass is 9.76. The van der Waals surface area contributed by atoms with Gasteiger partial charge in [-0.2, -0.15) is 0 Å². The fourth-order valence-electron chi connectivity index (χ4n) is 4.22. The Bertz CT molecular complexity index is 645. The number of ether oxygens (including phenoxy) is 3. The lowest BCUT2D eigenvalue weighted by Crippen LogP contribution is -2.35. The predicted octanol–water partition coefficient (Wildman–Crippen LogP) is 3.15. The Morgan fingerprint density at radius 3 is 2.62 bits per heavy atom. The van der Waals surface area contributed by atoms with Crippen molar-refractivity contribution in [3.8, 4) is 11.5 Å². The van der Waals surface area contributed by atoms with Crippen molar-refractivity contribution >= 4 is 6.09 Å². The van der Waals surface area contributed by atoms with Crippen molar-refractivity contribution in [2.45, 2.75) is 44.6 Å². The van der Waals surface area contributed by atoms with E-state index in [0.29, 0.717) is 19.6 Å². The van der Waals surface area contributed by atoms with Crippen molar-refractivity contribution in [3.05, 3.63) is 23.8 Å². The van der Waals surface area contributed by atoms with Crippen molar-refractivity contribution in [1.29, 1.82) is 0 Å². The number of nitrogens with two attached hydrogens (primary N) is 1. The van der Waals surface area contributed by atoms with Crippen LogP contribution in [0, 0.1) is 5.41 Å². The maximum Gasteiger partial charge on any atom is 0.409 e. The van der Waals surface area contributed by atoms with Gasteiger partial charge in [-0.15, -0.1) is 0 Å². The number of nitrogens with zero attached hydrogens (tertiary/aromatic N) is 1. The molecule has 1 aromatic carbocycles. The summed E-state index contributed by atoms with van der Waals surface area (Å²) >= 11 is 0. The highest BCUT2D eigenvalue weighted by atomic mass is 16.5. The maximum atomic E-state index is 12.0. The van der Waals surface area contributed by atoms with E-state index < -0.39 is 0 Å². The van der Waals surface area contributed by atoms with Crippen molar-refractivity contribution in [2.75, 3.05) is 33.9 Å². The third-order valence-corrected chi connectivity index (χ3v) is 5.88. The Morgan fingerprint density at radius 2 is 2.00 bits per heavy atom. The normalized spacial score (nSPS) is 26.2. The molecule has 6 heteroatoms. The summed E-state index contributed by atoms with van der Waals surface area (Å²) in [6.07, 6.45) is 4.57. The number of carbonyl (C=O) groups is 1. The van der Waals surface area contributed by atoms with Gasteiger partial charge in [0.25, 0.3) is 0 Å². The van der Waals surface area contributed by atoms with Crippen LogP contribution in [0.25, 0.3) is 0 Å². The van der Waals surface area contributed by atoms with E-state index in [-0.39, 0.29) is 23.5 Å². The van der Waals surface area contributed by atoms with E-state index in [9.17, 15) is 4.79 Å². The van der Waals surface area contributed by atoms with Gasteiger partial charge >= 0.3 is 6.09 Å². The van der Waals surface area contributed by atoms with E-state index >= 15 is 0 Å². The van der Waals surface area contributed by atoms with Gasteiger partial charge in [0.2, 0.25) is 0 Å². The summed E-state index contributed by atoms with van der Waals surface area (Å²) in [4.78, 5) is 13.7. The molecule has 2 fully saturated rings. The largest absolute Gasteiger partial charge is 0.493 e. The van der Waals surface area contributed by atoms with Crippen LogP contribution in [0.2, 0.25) is 0 Å². The van der Waals surface area contributed by atoms with E-state index in [1.807, 2.05) is 6.07 Å². The van der Waals surface area contributed by atoms with Crippen LogP contribution in [0.15, 0.2) is 18.2 Å². The molecule has 1 amide bonds. The van der Waals surface area contributed by atoms with Crippen LogP contribution in [0.3, 0.4) is 0 Å². The minimum atomic E-state index is -0.303. The Hall–Kier alpha value is -1.95. The third kappa shape index (κ3) is 3.61. The van der Waals surface area contributed by atoms with Gasteiger partial charge < -0.3 is 24.8 Å². The Morgan fingerprint density at radius 1 is 1.27 bits per heavy atom. The molecular weight excluding hydrogens is 332 g/mol. The molecule has 2 N–H and O–H groups in total. The van der Waals surface area contributed by atoms with Crippen LogP contribution in [-0.4, -0.2) is 51.0 Å². The summed E-state index contributed by atoms with van der Waals surface area (Å²) in [5.41, 5.74) is 7.01. The zero-order chi connectivity index (χ0) is 18.7. The second-order valence-electron chi connectivity index (χ2n) is 7.70. The number of carbonyl (C=O) groups excluding carboxylic acids is 1. The molecule has 1 aliphatic carbocycles. The maximum absolute atomic E-state index is 12.0. The summed E-state index contributed by atoms with van der Waals surface area (Å²) in [5, 5.41) is 0. The van der Waals surface area contributed by atoms with Crippen LogP contribution in [0.1, 0.15) is 44.1 Å². The first kappa shape index (κ1) is 18.8. The molecule has 0 radical (unpaired) electrons. The van der Waals surface area contributed by atoms with Crippen molar-refractivity contribution in [1.82, 2.24) is 4.90 Å². The van der Waals surface area contributed by atoms with E-state index in [1.54, 1.807) is 12.0 Å². The topological polar surface area (TPSA) is 74.0 Å². The fourth-order valence-corrected chi connectivity index (χ4v) is 4.22. The molecule has 0 aromatic heterocycles. The lowest BCUT2D eigenvalue weighted by Gasteiger charge is -2.29. The summed E-state index contributed by atoms with van der Waals surface area (Å²) in [5.74, 6) is 1.66. The highest BCUT2D eigenvalue weighted by Gasteiger charge is 2.45. The van der Waals surface area contributed by atoms with Crippen LogP contribution >= 0.6 is 0 Å². The van der Waals surface area contributed by atoms with Crippen LogP contribution in [-0.2, 0) is 4.74 Å². The Labute approximate surface area is 155 Å². The number of rotatable bonds is 5. The molecule has 0 bridgehead atoms. The molecule has 144 valence electrons. The monoisotopic (exact) mass is 362 g/mol. The highest BCUT2D eigenvalue weighted by molar-refractivity contribution is 5.68. The summed E-state index contributed by atoms with van der Waals surface area (Å²) in [6, 6.07) is 6.08. The Kier molecular flexibility index (Phi) is 5.61. The second-order valence-corrected chi connectivity index (χ2v) is 7.70. The number of hydrogen-bond donors (Lipinski definition) is 1. The van der Waals surface area contributed by atoms with E-state index in [4.69, 9.17) is 19.9 Å². The SMILES string of the molecule is COC(=O)N1CC(c2ccc(OC)c(OC3CCCC3)c2)[C@@](C)(CN)C1. The number of benzene rings is 1. The molecule has 0 spiro atoms. The van der Waals surface area contributed by atoms with Crippen LogP contribution < -0.4 is 15.2 Å². The molecule has 1 unspecified atom stereocenters. The molecular formula is C20H30N2O4. The summed E-state index contributed by atoms with van der Waals surface area (Å²) < 4.78 is 16.6. The number of likely N-dealkylation sites (tertiary alicyclic amines) is 1. The molecule has 1 aromatic rings. The first-order valence-corrected chi connectivity index (χ1v) is 9.38. The van der Waals surface area contributed by atoms with Crippen molar-refractivity contribution in [2.24, 2.45) is 11.1 Å². The first-order valence-electron chi connectivity index (χ1n) is 9.38. The van der Waals surface area contributed by atoms with E-state index in [0.717, 1.165) is 29.9 Å². The standard InChI is InChI=1S/C20H30N2O4/c1-20(12-21)13-22(19(23)25-3)11-16(20)14-8-9-17(24-2)18(10-14)26-15-6-4-5-7-15/h8-10,15-16H,4-7,11-13,21H2,1-3H3/t16?,20-/m0/s1. The molecule has 1 aliphatic heterocycles. The van der Waals surface area contributed by atoms with E-state index in [2.05, 4.69) is 19.1 Å². The van der Waals surface area contributed by atoms with Gasteiger partial charge in [0.05, 0.1) is 20.3 Å². The average molecular weight is 362 g/mol.